The fourth-order valence-corrected chi connectivity index (χ4v) is 1.81. The quantitative estimate of drug-likeness (QED) is 0.415. The van der Waals surface area contributed by atoms with Gasteiger partial charge in [0.25, 0.3) is 5.91 Å². The number of hydrazine groups is 1. The smallest absolute Gasteiger partial charge is 0.267 e. The number of amides is 2. The van der Waals surface area contributed by atoms with E-state index in [2.05, 4.69) is 0 Å². The molecule has 1 aliphatic heterocycles. The molecule has 1 aromatic carbocycles. The molecule has 0 unspecified atom stereocenters. The Morgan fingerprint density at radius 1 is 1.50 bits per heavy atom. The highest BCUT2D eigenvalue weighted by Gasteiger charge is 2.24. The van der Waals surface area contributed by atoms with Crippen molar-refractivity contribution < 1.29 is 9.59 Å². The molecule has 2 rings (SSSR count). The van der Waals surface area contributed by atoms with Crippen LogP contribution in [-0.4, -0.2) is 30.9 Å². The Bertz CT molecular complexity index is 468. The van der Waals surface area contributed by atoms with Gasteiger partial charge in [0.1, 0.15) is 0 Å². The predicted octanol–water partition coefficient (Wildman–Crippen LogP) is 0.151. The van der Waals surface area contributed by atoms with Crippen LogP contribution in [0.1, 0.15) is 15.9 Å². The molecule has 0 saturated carbocycles. The minimum absolute atomic E-state index is 0.0423. The summed E-state index contributed by atoms with van der Waals surface area (Å²) in [6, 6.07) is 5.18. The van der Waals surface area contributed by atoms with Crippen LogP contribution in [0.3, 0.4) is 0 Å². The number of fused-ring (bicyclic) bond motifs is 1. The number of rotatable bonds is 1. The lowest BCUT2D eigenvalue weighted by Crippen LogP contribution is -2.33. The second-order valence-corrected chi connectivity index (χ2v) is 3.89. The van der Waals surface area contributed by atoms with Gasteiger partial charge in [-0.25, -0.2) is 5.84 Å². The van der Waals surface area contributed by atoms with Crippen molar-refractivity contribution in [1.82, 2.24) is 5.01 Å². The van der Waals surface area contributed by atoms with Gasteiger partial charge < -0.3 is 4.90 Å². The zero-order valence-corrected chi connectivity index (χ0v) is 9.23. The first-order chi connectivity index (χ1) is 7.50. The zero-order valence-electron chi connectivity index (χ0n) is 9.23. The highest BCUT2D eigenvalue weighted by molar-refractivity contribution is 6.02. The van der Waals surface area contributed by atoms with E-state index in [0.29, 0.717) is 12.0 Å². The summed E-state index contributed by atoms with van der Waals surface area (Å²) in [4.78, 5) is 24.7. The number of carbonyl (C=O) groups is 2. The normalized spacial score (nSPS) is 13.9. The van der Waals surface area contributed by atoms with Crippen LogP contribution < -0.4 is 10.7 Å². The van der Waals surface area contributed by atoms with Crippen LogP contribution in [0.25, 0.3) is 0 Å². The second kappa shape index (κ2) is 3.61. The van der Waals surface area contributed by atoms with Gasteiger partial charge in [0, 0.05) is 25.3 Å². The number of hydrogen-bond donors (Lipinski definition) is 1. The molecule has 0 radical (unpaired) electrons. The minimum Gasteiger partial charge on any atom is -0.315 e. The summed E-state index contributed by atoms with van der Waals surface area (Å²) in [5, 5.41) is 1.03. The van der Waals surface area contributed by atoms with Crippen molar-refractivity contribution in [2.45, 2.75) is 6.42 Å². The average molecular weight is 219 g/mol. The molecular weight excluding hydrogens is 206 g/mol. The molecule has 5 heteroatoms. The second-order valence-electron chi connectivity index (χ2n) is 3.89. The van der Waals surface area contributed by atoms with Crippen LogP contribution in [0.4, 0.5) is 5.69 Å². The minimum atomic E-state index is -0.259. The highest BCUT2D eigenvalue weighted by atomic mass is 16.2. The largest absolute Gasteiger partial charge is 0.315 e. The van der Waals surface area contributed by atoms with Crippen LogP contribution in [0.15, 0.2) is 18.2 Å². The molecule has 0 spiro atoms. The van der Waals surface area contributed by atoms with E-state index in [1.165, 1.54) is 7.05 Å². The number of benzene rings is 1. The fraction of sp³-hybridized carbons (Fsp3) is 0.273. The number of likely N-dealkylation sites (N-methyl/N-ethyl adjacent to an activating group) is 1. The lowest BCUT2D eigenvalue weighted by atomic mass is 10.1. The molecule has 5 nitrogen and oxygen atoms in total. The lowest BCUT2D eigenvalue weighted by molar-refractivity contribution is -0.117. The third-order valence-electron chi connectivity index (χ3n) is 2.72. The maximum atomic E-state index is 11.6. The van der Waals surface area contributed by atoms with Crippen molar-refractivity contribution >= 4 is 17.5 Å². The van der Waals surface area contributed by atoms with Crippen molar-refractivity contribution in [1.29, 1.82) is 0 Å². The van der Waals surface area contributed by atoms with Gasteiger partial charge in [0.05, 0.1) is 6.42 Å². The molecule has 16 heavy (non-hydrogen) atoms. The molecule has 1 heterocycles. The van der Waals surface area contributed by atoms with Gasteiger partial charge in [-0.15, -0.1) is 0 Å². The van der Waals surface area contributed by atoms with Crippen LogP contribution in [0, 0.1) is 0 Å². The van der Waals surface area contributed by atoms with Crippen molar-refractivity contribution in [2.75, 3.05) is 19.0 Å². The molecule has 0 aromatic heterocycles. The van der Waals surface area contributed by atoms with Crippen LogP contribution in [0.5, 0.6) is 0 Å². The Morgan fingerprint density at radius 2 is 2.19 bits per heavy atom. The number of anilines is 1. The standard InChI is InChI=1S/C11H13N3O2/c1-13-9-4-3-7(11(16)14(2)12)5-8(9)6-10(13)15/h3-5H,6,12H2,1-2H3. The van der Waals surface area contributed by atoms with Gasteiger partial charge in [-0.3, -0.25) is 14.6 Å². The fourth-order valence-electron chi connectivity index (χ4n) is 1.81. The van der Waals surface area contributed by atoms with Gasteiger partial charge >= 0.3 is 0 Å². The monoisotopic (exact) mass is 219 g/mol. The van der Waals surface area contributed by atoms with Gasteiger partial charge in [-0.1, -0.05) is 0 Å². The predicted molar refractivity (Wildman–Crippen MR) is 59.8 cm³/mol. The molecular formula is C11H13N3O2. The van der Waals surface area contributed by atoms with Crippen LogP contribution in [0.2, 0.25) is 0 Å². The van der Waals surface area contributed by atoms with Crippen LogP contribution in [-0.2, 0) is 11.2 Å². The summed E-state index contributed by atoms with van der Waals surface area (Å²) in [7, 11) is 3.22. The molecule has 0 fully saturated rings. The Morgan fingerprint density at radius 3 is 2.81 bits per heavy atom. The maximum Gasteiger partial charge on any atom is 0.267 e. The number of hydrogen-bond acceptors (Lipinski definition) is 3. The highest BCUT2D eigenvalue weighted by Crippen LogP contribution is 2.28. The van der Waals surface area contributed by atoms with E-state index in [0.717, 1.165) is 16.3 Å². The first-order valence-corrected chi connectivity index (χ1v) is 4.93. The van der Waals surface area contributed by atoms with Crippen molar-refractivity contribution in [3.05, 3.63) is 29.3 Å². The summed E-state index contributed by atoms with van der Waals surface area (Å²) >= 11 is 0. The zero-order chi connectivity index (χ0) is 11.9. The van der Waals surface area contributed by atoms with E-state index in [1.54, 1.807) is 30.1 Å². The number of nitrogens with zero attached hydrogens (tertiary/aromatic N) is 2. The van der Waals surface area contributed by atoms with E-state index in [4.69, 9.17) is 5.84 Å². The maximum absolute atomic E-state index is 11.6. The van der Waals surface area contributed by atoms with Gasteiger partial charge in [0.2, 0.25) is 5.91 Å². The first-order valence-electron chi connectivity index (χ1n) is 4.93. The molecule has 0 bridgehead atoms. The molecule has 1 aromatic rings. The molecule has 0 saturated heterocycles. The third kappa shape index (κ3) is 1.55. The summed E-state index contributed by atoms with van der Waals surface area (Å²) in [6.07, 6.45) is 0.348. The van der Waals surface area contributed by atoms with Gasteiger partial charge in [0.15, 0.2) is 0 Å². The molecule has 2 amide bonds. The Balaban J connectivity index is 2.39. The summed E-state index contributed by atoms with van der Waals surface area (Å²) in [5.74, 6) is 5.16. The topological polar surface area (TPSA) is 66.6 Å². The van der Waals surface area contributed by atoms with E-state index >= 15 is 0 Å². The SMILES string of the molecule is CN(N)C(=O)c1ccc2c(c1)CC(=O)N2C. The van der Waals surface area contributed by atoms with Gasteiger partial charge in [-0.05, 0) is 23.8 Å². The Labute approximate surface area is 93.4 Å². The Hall–Kier alpha value is -1.88. The van der Waals surface area contributed by atoms with E-state index < -0.39 is 0 Å². The average Bonchev–Trinajstić information content (AvgIpc) is 2.53. The molecule has 2 N–H and O–H groups in total. The van der Waals surface area contributed by atoms with Crippen molar-refractivity contribution in [2.24, 2.45) is 5.84 Å². The first kappa shape index (κ1) is 10.6. The van der Waals surface area contributed by atoms with Crippen molar-refractivity contribution in [3.63, 3.8) is 0 Å². The van der Waals surface area contributed by atoms with E-state index in [-0.39, 0.29) is 11.8 Å². The lowest BCUT2D eigenvalue weighted by Gasteiger charge is -2.12. The molecule has 0 atom stereocenters. The van der Waals surface area contributed by atoms with E-state index in [1.807, 2.05) is 0 Å². The number of nitrogens with two attached hydrogens (primary N) is 1. The number of carbonyl (C=O) groups excluding carboxylic acids is 2. The molecule has 0 aliphatic carbocycles. The summed E-state index contributed by atoms with van der Waals surface area (Å²) in [5.41, 5.74) is 2.24. The molecule has 1 aliphatic rings. The van der Waals surface area contributed by atoms with Gasteiger partial charge in [-0.2, -0.15) is 0 Å². The van der Waals surface area contributed by atoms with E-state index in [9.17, 15) is 9.59 Å². The summed E-state index contributed by atoms with van der Waals surface area (Å²) < 4.78 is 0. The Kier molecular flexibility index (Phi) is 2.40. The van der Waals surface area contributed by atoms with Crippen LogP contribution >= 0.6 is 0 Å². The van der Waals surface area contributed by atoms with Crippen molar-refractivity contribution in [3.8, 4) is 0 Å². The molecule has 84 valence electrons. The third-order valence-corrected chi connectivity index (χ3v) is 2.72. The summed E-state index contributed by atoms with van der Waals surface area (Å²) in [6.45, 7) is 0.